The number of non-ortho nitro benzene ring substituents is 1. The van der Waals surface area contributed by atoms with Gasteiger partial charge < -0.3 is 19.3 Å². The van der Waals surface area contributed by atoms with Crippen molar-refractivity contribution < 1.29 is 19.2 Å². The van der Waals surface area contributed by atoms with Crippen molar-refractivity contribution in [1.82, 2.24) is 4.90 Å². The Labute approximate surface area is 181 Å². The van der Waals surface area contributed by atoms with Gasteiger partial charge in [-0.1, -0.05) is 12.1 Å². The van der Waals surface area contributed by atoms with E-state index in [1.165, 1.54) is 6.07 Å². The molecule has 0 bridgehead atoms. The lowest BCUT2D eigenvalue weighted by atomic mass is 10.1. The lowest BCUT2D eigenvalue weighted by Crippen LogP contribution is -2.48. The van der Waals surface area contributed by atoms with E-state index in [-0.39, 0.29) is 17.7 Å². The Morgan fingerprint density at radius 2 is 1.84 bits per heavy atom. The van der Waals surface area contributed by atoms with Gasteiger partial charge >= 0.3 is 0 Å². The molecule has 0 spiro atoms. The average molecular weight is 425 g/mol. The minimum Gasteiger partial charge on any atom is -0.493 e. The summed E-state index contributed by atoms with van der Waals surface area (Å²) in [7, 11) is 1.59. The molecule has 1 aliphatic heterocycles. The SMILES string of the molecule is COc1cc(/C=C/C(=O)N2CCN(c3cccc([N+](=O)[O-])c3)CC2)ccc1OC(C)C. The zero-order valence-electron chi connectivity index (χ0n) is 18.0. The van der Waals surface area contributed by atoms with Crippen LogP contribution in [0.3, 0.4) is 0 Å². The van der Waals surface area contributed by atoms with Crippen LogP contribution in [0.1, 0.15) is 19.4 Å². The predicted octanol–water partition coefficient (Wildman–Crippen LogP) is 3.75. The molecule has 0 N–H and O–H groups in total. The highest BCUT2D eigenvalue weighted by molar-refractivity contribution is 5.92. The van der Waals surface area contributed by atoms with Crippen LogP contribution in [-0.2, 0) is 4.79 Å². The third kappa shape index (κ3) is 5.75. The molecule has 8 heteroatoms. The zero-order valence-corrected chi connectivity index (χ0v) is 18.0. The zero-order chi connectivity index (χ0) is 22.4. The van der Waals surface area contributed by atoms with Gasteiger partial charge in [-0.15, -0.1) is 0 Å². The smallest absolute Gasteiger partial charge is 0.271 e. The normalized spacial score (nSPS) is 14.2. The van der Waals surface area contributed by atoms with E-state index < -0.39 is 4.92 Å². The van der Waals surface area contributed by atoms with Gasteiger partial charge in [0.05, 0.1) is 18.1 Å². The number of rotatable bonds is 7. The molecule has 3 rings (SSSR count). The number of anilines is 1. The molecule has 0 saturated carbocycles. The number of hydrogen-bond acceptors (Lipinski definition) is 6. The Kier molecular flexibility index (Phi) is 7.12. The maximum absolute atomic E-state index is 12.6. The predicted molar refractivity (Wildman–Crippen MR) is 120 cm³/mol. The number of ether oxygens (including phenoxy) is 2. The summed E-state index contributed by atoms with van der Waals surface area (Å²) in [4.78, 5) is 27.0. The number of nitro groups is 1. The van der Waals surface area contributed by atoms with Crippen LogP contribution in [-0.4, -0.2) is 55.1 Å². The fourth-order valence-corrected chi connectivity index (χ4v) is 3.40. The highest BCUT2D eigenvalue weighted by atomic mass is 16.6. The maximum atomic E-state index is 12.6. The van der Waals surface area contributed by atoms with Crippen LogP contribution in [0, 0.1) is 10.1 Å². The lowest BCUT2D eigenvalue weighted by Gasteiger charge is -2.35. The Morgan fingerprint density at radius 1 is 1.10 bits per heavy atom. The first kappa shape index (κ1) is 22.1. The summed E-state index contributed by atoms with van der Waals surface area (Å²) in [5, 5.41) is 11.0. The van der Waals surface area contributed by atoms with Crippen LogP contribution in [0.2, 0.25) is 0 Å². The van der Waals surface area contributed by atoms with Crippen LogP contribution in [0.5, 0.6) is 11.5 Å². The summed E-state index contributed by atoms with van der Waals surface area (Å²) in [6.07, 6.45) is 3.36. The molecule has 31 heavy (non-hydrogen) atoms. The second-order valence-corrected chi connectivity index (χ2v) is 7.50. The maximum Gasteiger partial charge on any atom is 0.271 e. The highest BCUT2D eigenvalue weighted by Crippen LogP contribution is 2.29. The number of nitro benzene ring substituents is 1. The topological polar surface area (TPSA) is 85.2 Å². The van der Waals surface area contributed by atoms with E-state index >= 15 is 0 Å². The first-order valence-corrected chi connectivity index (χ1v) is 10.2. The Hall–Kier alpha value is -3.55. The van der Waals surface area contributed by atoms with Gasteiger partial charge in [-0.2, -0.15) is 0 Å². The van der Waals surface area contributed by atoms with Crippen molar-refractivity contribution in [1.29, 1.82) is 0 Å². The molecule has 164 valence electrons. The van der Waals surface area contributed by atoms with Crippen molar-refractivity contribution in [3.05, 3.63) is 64.2 Å². The molecule has 0 aliphatic carbocycles. The lowest BCUT2D eigenvalue weighted by molar-refractivity contribution is -0.384. The van der Waals surface area contributed by atoms with Gasteiger partial charge in [-0.3, -0.25) is 14.9 Å². The molecule has 0 radical (unpaired) electrons. The van der Waals surface area contributed by atoms with Gasteiger partial charge in [0.1, 0.15) is 0 Å². The molecule has 1 saturated heterocycles. The molecule has 8 nitrogen and oxygen atoms in total. The highest BCUT2D eigenvalue weighted by Gasteiger charge is 2.21. The third-order valence-corrected chi connectivity index (χ3v) is 4.97. The third-order valence-electron chi connectivity index (χ3n) is 4.97. The summed E-state index contributed by atoms with van der Waals surface area (Å²) < 4.78 is 11.1. The molecular weight excluding hydrogens is 398 g/mol. The Balaban J connectivity index is 1.59. The van der Waals surface area contributed by atoms with Crippen molar-refractivity contribution in [2.75, 3.05) is 38.2 Å². The molecule has 1 amide bonds. The minimum absolute atomic E-state index is 0.0394. The Bertz CT molecular complexity index is 965. The van der Waals surface area contributed by atoms with E-state index in [0.29, 0.717) is 37.7 Å². The van der Waals surface area contributed by atoms with E-state index in [0.717, 1.165) is 11.3 Å². The summed E-state index contributed by atoms with van der Waals surface area (Å²) in [5.41, 5.74) is 1.71. The fraction of sp³-hybridized carbons (Fsp3) is 0.348. The number of piperazine rings is 1. The monoisotopic (exact) mass is 425 g/mol. The first-order chi connectivity index (χ1) is 14.9. The minimum atomic E-state index is -0.398. The van der Waals surface area contributed by atoms with Crippen LogP contribution in [0.15, 0.2) is 48.5 Å². The number of carbonyl (C=O) groups is 1. The summed E-state index contributed by atoms with van der Waals surface area (Å²) >= 11 is 0. The van der Waals surface area contributed by atoms with Crippen LogP contribution in [0.25, 0.3) is 6.08 Å². The van der Waals surface area contributed by atoms with E-state index in [9.17, 15) is 14.9 Å². The van der Waals surface area contributed by atoms with E-state index in [2.05, 4.69) is 4.90 Å². The Morgan fingerprint density at radius 3 is 2.48 bits per heavy atom. The molecule has 0 atom stereocenters. The first-order valence-electron chi connectivity index (χ1n) is 10.2. The quantitative estimate of drug-likeness (QED) is 0.382. The van der Waals surface area contributed by atoms with Crippen LogP contribution in [0.4, 0.5) is 11.4 Å². The summed E-state index contributed by atoms with van der Waals surface area (Å²) in [6.45, 7) is 6.24. The van der Waals surface area contributed by atoms with E-state index in [1.54, 1.807) is 36.3 Å². The van der Waals surface area contributed by atoms with Gasteiger partial charge in [0.15, 0.2) is 11.5 Å². The van der Waals surface area contributed by atoms with Crippen molar-refractivity contribution in [2.24, 2.45) is 0 Å². The molecule has 2 aromatic rings. The molecule has 1 fully saturated rings. The second kappa shape index (κ2) is 9.97. The van der Waals surface area contributed by atoms with Crippen molar-refractivity contribution in [2.45, 2.75) is 20.0 Å². The molecule has 0 unspecified atom stereocenters. The van der Waals surface area contributed by atoms with Crippen molar-refractivity contribution in [3.8, 4) is 11.5 Å². The number of benzene rings is 2. The van der Waals surface area contributed by atoms with Gasteiger partial charge in [-0.05, 0) is 43.7 Å². The van der Waals surface area contributed by atoms with Gasteiger partial charge in [0.25, 0.3) is 5.69 Å². The van der Waals surface area contributed by atoms with E-state index in [1.807, 2.05) is 38.1 Å². The van der Waals surface area contributed by atoms with E-state index in [4.69, 9.17) is 9.47 Å². The largest absolute Gasteiger partial charge is 0.493 e. The number of nitrogens with zero attached hydrogens (tertiary/aromatic N) is 3. The van der Waals surface area contributed by atoms with Crippen molar-refractivity contribution >= 4 is 23.4 Å². The average Bonchev–Trinajstić information content (AvgIpc) is 2.78. The molecule has 1 aliphatic rings. The molecule has 2 aromatic carbocycles. The van der Waals surface area contributed by atoms with Gasteiger partial charge in [0.2, 0.25) is 5.91 Å². The van der Waals surface area contributed by atoms with Crippen LogP contribution >= 0.6 is 0 Å². The van der Waals surface area contributed by atoms with Gasteiger partial charge in [0, 0.05) is 50.1 Å². The molecular formula is C23H27N3O5. The number of amides is 1. The van der Waals surface area contributed by atoms with Gasteiger partial charge in [-0.25, -0.2) is 0 Å². The van der Waals surface area contributed by atoms with Crippen molar-refractivity contribution in [3.63, 3.8) is 0 Å². The fourth-order valence-electron chi connectivity index (χ4n) is 3.40. The number of carbonyl (C=O) groups excluding carboxylic acids is 1. The summed E-state index contributed by atoms with van der Waals surface area (Å²) in [5.74, 6) is 1.22. The number of methoxy groups -OCH3 is 1. The number of hydrogen-bond donors (Lipinski definition) is 0. The molecule has 1 heterocycles. The van der Waals surface area contributed by atoms with Crippen LogP contribution < -0.4 is 14.4 Å². The standard InChI is InChI=1S/C23H27N3O5/c1-17(2)31-21-9-7-18(15-22(21)30-3)8-10-23(27)25-13-11-24(12-14-25)19-5-4-6-20(16-19)26(28)29/h4-10,15-17H,11-14H2,1-3H3/b10-8+. The molecule has 0 aromatic heterocycles. The second-order valence-electron chi connectivity index (χ2n) is 7.50. The summed E-state index contributed by atoms with van der Waals surface area (Å²) in [6, 6.07) is 12.1.